The molecule has 78 heavy (non-hydrogen) atoms. The first-order valence-corrected chi connectivity index (χ1v) is 31.9. The molecule has 0 aliphatic carbocycles. The van der Waals surface area contributed by atoms with Crippen LogP contribution in [0.15, 0.2) is 36.4 Å². The minimum absolute atomic E-state index is 0.247. The van der Waals surface area contributed by atoms with Gasteiger partial charge in [0.2, 0.25) is 0 Å². The van der Waals surface area contributed by atoms with Gasteiger partial charge in [-0.1, -0.05) is 278 Å². The molecular weight excluding hydrogens is 949 g/mol. The Labute approximate surface area is 482 Å². The summed E-state index contributed by atoms with van der Waals surface area (Å²) in [5, 5.41) is 36.6. The second-order valence-electron chi connectivity index (χ2n) is 30.6. The van der Waals surface area contributed by atoms with Gasteiger partial charge in [0, 0.05) is 0 Å². The lowest BCUT2D eigenvalue weighted by atomic mass is 9.73. The zero-order chi connectivity index (χ0) is 58.6. The Morgan fingerprint density at radius 3 is 0.577 bits per heavy atom. The van der Waals surface area contributed by atoms with E-state index in [1.165, 1.54) is 130 Å². The first-order valence-electron chi connectivity index (χ1n) is 31.9. The summed E-state index contributed by atoms with van der Waals surface area (Å²) in [5.74, 6) is 1.34. The molecule has 0 bridgehead atoms. The smallest absolute Gasteiger partial charge is 0.123 e. The summed E-state index contributed by atoms with van der Waals surface area (Å²) in [6, 6.07) is 14.2. The van der Waals surface area contributed by atoms with Crippen LogP contribution in [0.25, 0.3) is 0 Å². The minimum atomic E-state index is -0.247. The van der Waals surface area contributed by atoms with Crippen molar-refractivity contribution < 1.29 is 15.3 Å². The summed E-state index contributed by atoms with van der Waals surface area (Å²) < 4.78 is 0. The molecule has 0 aromatic heterocycles. The van der Waals surface area contributed by atoms with E-state index in [-0.39, 0.29) is 32.5 Å². The van der Waals surface area contributed by atoms with E-state index in [2.05, 4.69) is 182 Å². The molecular formula is C75H120O3. The fraction of sp³-hybridized carbons (Fsp3) is 0.680. The van der Waals surface area contributed by atoms with Gasteiger partial charge in [-0.2, -0.15) is 0 Å². The summed E-state index contributed by atoms with van der Waals surface area (Å²) in [4.78, 5) is 0. The van der Waals surface area contributed by atoms with Crippen LogP contribution >= 0.6 is 0 Å². The molecule has 3 heteroatoms. The predicted octanol–water partition coefficient (Wildman–Crippen LogP) is 22.1. The second-order valence-corrected chi connectivity index (χ2v) is 30.6. The third-order valence-corrected chi connectivity index (χ3v) is 17.0. The number of phenols is 3. The van der Waals surface area contributed by atoms with Gasteiger partial charge in [0.05, 0.1) is 0 Å². The van der Waals surface area contributed by atoms with Gasteiger partial charge in [-0.05, 0) is 174 Å². The monoisotopic (exact) mass is 1070 g/mol. The van der Waals surface area contributed by atoms with Crippen molar-refractivity contribution in [1.82, 2.24) is 0 Å². The summed E-state index contributed by atoms with van der Waals surface area (Å²) >= 11 is 0. The zero-order valence-corrected chi connectivity index (χ0v) is 54.8. The predicted molar refractivity (Wildman–Crippen MR) is 343 cm³/mol. The van der Waals surface area contributed by atoms with Crippen molar-refractivity contribution in [2.24, 2.45) is 0 Å². The molecule has 0 radical (unpaired) electrons. The van der Waals surface area contributed by atoms with Crippen LogP contribution in [0.3, 0.4) is 0 Å². The molecule has 0 fully saturated rings. The molecule has 4 rings (SSSR count). The van der Waals surface area contributed by atoms with E-state index in [1.54, 1.807) is 16.7 Å². The third kappa shape index (κ3) is 18.7. The quantitative estimate of drug-likeness (QED) is 0.0522. The molecule has 0 saturated heterocycles. The van der Waals surface area contributed by atoms with Crippen LogP contribution in [0.4, 0.5) is 0 Å². The van der Waals surface area contributed by atoms with Gasteiger partial charge in [-0.15, -0.1) is 0 Å². The van der Waals surface area contributed by atoms with Crippen molar-refractivity contribution in [3.8, 4) is 17.2 Å². The number of phenolic OH excluding ortho intramolecular Hbond substituents is 3. The van der Waals surface area contributed by atoms with Gasteiger partial charge in [0.25, 0.3) is 0 Å². The van der Waals surface area contributed by atoms with Gasteiger partial charge >= 0.3 is 0 Å². The van der Waals surface area contributed by atoms with E-state index in [0.29, 0.717) is 17.2 Å². The summed E-state index contributed by atoms with van der Waals surface area (Å²) in [6.45, 7) is 47.5. The highest BCUT2D eigenvalue weighted by atomic mass is 16.3. The fourth-order valence-corrected chi connectivity index (χ4v) is 12.3. The molecule has 3 N–H and O–H groups in total. The summed E-state index contributed by atoms with van der Waals surface area (Å²) in [5.41, 5.74) is 17.8. The van der Waals surface area contributed by atoms with Crippen molar-refractivity contribution in [1.29, 1.82) is 0 Å². The van der Waals surface area contributed by atoms with Crippen LogP contribution in [0.5, 0.6) is 17.2 Å². The second kappa shape index (κ2) is 28.3. The van der Waals surface area contributed by atoms with Crippen LogP contribution in [0.2, 0.25) is 0 Å². The molecule has 0 saturated carbocycles. The number of benzene rings is 4. The molecule has 3 nitrogen and oxygen atoms in total. The molecule has 4 aromatic rings. The van der Waals surface area contributed by atoms with Gasteiger partial charge in [-0.3, -0.25) is 0 Å². The molecule has 0 unspecified atom stereocenters. The Morgan fingerprint density at radius 2 is 0.410 bits per heavy atom. The van der Waals surface area contributed by atoms with E-state index in [4.69, 9.17) is 0 Å². The van der Waals surface area contributed by atoms with Crippen LogP contribution < -0.4 is 0 Å². The van der Waals surface area contributed by atoms with Gasteiger partial charge < -0.3 is 15.3 Å². The highest BCUT2D eigenvalue weighted by Crippen LogP contribution is 2.46. The number of unbranched alkanes of at least 4 members (excludes halogenated alkanes) is 15. The topological polar surface area (TPSA) is 60.7 Å². The Bertz CT molecular complexity index is 2120. The number of aromatic hydroxyl groups is 3. The molecule has 0 spiro atoms. The largest absolute Gasteiger partial charge is 0.507 e. The maximum absolute atomic E-state index is 12.2. The number of hydrogen-bond donors (Lipinski definition) is 3. The van der Waals surface area contributed by atoms with Crippen molar-refractivity contribution >= 4 is 0 Å². The molecule has 4 aromatic carbocycles. The lowest BCUT2D eigenvalue weighted by Crippen LogP contribution is -2.20. The normalized spacial score (nSPS) is 13.0. The lowest BCUT2D eigenvalue weighted by Gasteiger charge is -2.32. The summed E-state index contributed by atoms with van der Waals surface area (Å²) in [7, 11) is 0. The zero-order valence-electron chi connectivity index (χ0n) is 54.8. The van der Waals surface area contributed by atoms with Gasteiger partial charge in [-0.25, -0.2) is 0 Å². The van der Waals surface area contributed by atoms with E-state index < -0.39 is 0 Å². The van der Waals surface area contributed by atoms with Crippen molar-refractivity contribution in [2.75, 3.05) is 0 Å². The average molecular weight is 1070 g/mol. The molecule has 0 atom stereocenters. The molecule has 0 aliphatic rings. The number of hydrogen-bond acceptors (Lipinski definition) is 3. The fourth-order valence-electron chi connectivity index (χ4n) is 12.3. The lowest BCUT2D eigenvalue weighted by molar-refractivity contribution is 0.422. The maximum Gasteiger partial charge on any atom is 0.123 e. The van der Waals surface area contributed by atoms with Gasteiger partial charge in [0.1, 0.15) is 17.2 Å². The maximum atomic E-state index is 12.2. The molecule has 0 heterocycles. The number of rotatable bonds is 27. The highest BCUT2D eigenvalue weighted by Gasteiger charge is 2.33. The summed E-state index contributed by atoms with van der Waals surface area (Å²) in [6.07, 6.45) is 28.0. The van der Waals surface area contributed by atoms with Crippen LogP contribution in [0.1, 0.15) is 344 Å². The van der Waals surface area contributed by atoms with E-state index in [1.807, 2.05) is 0 Å². The van der Waals surface area contributed by atoms with Crippen LogP contribution in [0, 0.1) is 0 Å². The third-order valence-electron chi connectivity index (χ3n) is 17.0. The van der Waals surface area contributed by atoms with E-state index in [0.717, 1.165) is 91.2 Å². The SMILES string of the molecule is CCCCCCCCc1c(Cc2cc(C(C)(C)C)c(O)c(C(C)(C)C)c2)c(CCCCCCCC)c(Cc2cc(C(C)(C)C)c(O)c(C(C)(C)C)c2)c(CCCCCCCC)c1Cc1cc(C(C)(C)C)c(O)c(C(C)(C)C)c1. The first kappa shape index (κ1) is 66.8. The van der Waals surface area contributed by atoms with E-state index >= 15 is 0 Å². The minimum Gasteiger partial charge on any atom is -0.507 e. The Kier molecular flexibility index (Phi) is 24.2. The Hall–Kier alpha value is -3.72. The van der Waals surface area contributed by atoms with Crippen molar-refractivity contribution in [3.63, 3.8) is 0 Å². The van der Waals surface area contributed by atoms with E-state index in [9.17, 15) is 15.3 Å². The molecule has 0 amide bonds. The van der Waals surface area contributed by atoms with Crippen molar-refractivity contribution in [2.45, 2.75) is 332 Å². The van der Waals surface area contributed by atoms with Crippen LogP contribution in [-0.4, -0.2) is 15.3 Å². The highest BCUT2D eigenvalue weighted by molar-refractivity contribution is 5.60. The molecule has 0 aliphatic heterocycles. The first-order chi connectivity index (χ1) is 36.2. The Balaban J connectivity index is 2.37. The average Bonchev–Trinajstić information content (AvgIpc) is 3.33. The Morgan fingerprint density at radius 1 is 0.244 bits per heavy atom. The standard InChI is InChI=1S/C75H120O3/c1-22-25-28-31-34-37-40-55-58(43-52-46-61(70(4,5)6)67(76)62(47-52)71(7,8)9)56(41-38-35-32-29-26-23-2)60(45-54-50-65(74(16,17)18)69(78)66(51-54)75(19,20)21)57(42-39-36-33-30-27-24-3)59(55)44-53-48-63(72(10,11)12)68(77)64(49-53)73(13,14)15/h46-51,76-78H,22-45H2,1-21H3. The van der Waals surface area contributed by atoms with Gasteiger partial charge in [0.15, 0.2) is 0 Å². The molecule has 438 valence electrons. The van der Waals surface area contributed by atoms with Crippen LogP contribution in [-0.2, 0) is 71.0 Å². The van der Waals surface area contributed by atoms with Crippen molar-refractivity contribution in [3.05, 3.63) is 120 Å².